The Bertz CT molecular complexity index is 3310. The van der Waals surface area contributed by atoms with E-state index in [1.54, 1.807) is 39.3 Å². The summed E-state index contributed by atoms with van der Waals surface area (Å²) in [6.45, 7) is 6.00. The van der Waals surface area contributed by atoms with Crippen molar-refractivity contribution in [2.45, 2.75) is 259 Å². The van der Waals surface area contributed by atoms with Crippen LogP contribution in [0.3, 0.4) is 0 Å². The highest BCUT2D eigenvalue weighted by molar-refractivity contribution is 5.82. The Morgan fingerprint density at radius 2 is 1.25 bits per heavy atom. The van der Waals surface area contributed by atoms with Crippen LogP contribution in [0.25, 0.3) is 22.5 Å². The second-order valence-electron chi connectivity index (χ2n) is 28.1. The Kier molecular flexibility index (Phi) is 27.0. The minimum Gasteiger partial charge on any atom is -0.394 e. The average Bonchev–Trinajstić information content (AvgIpc) is 1.03. The number of Topliss-reactive ketones (excluding diaryl/α,β-unsaturated/α-hetero) is 2. The Labute approximate surface area is 579 Å². The number of nitrogens with zero attached hydrogens (tertiary/aromatic N) is 7. The fourth-order valence-electron chi connectivity index (χ4n) is 15.3. The summed E-state index contributed by atoms with van der Waals surface area (Å²) >= 11 is 0. The lowest BCUT2D eigenvalue weighted by Gasteiger charge is -2.49. The normalized spacial score (nSPS) is 34.7. The van der Waals surface area contributed by atoms with E-state index in [4.69, 9.17) is 37.9 Å². The van der Waals surface area contributed by atoms with Gasteiger partial charge in [-0.1, -0.05) is 87.1 Å². The number of ether oxygens (including phenoxy) is 8. The third-order valence-electron chi connectivity index (χ3n) is 20.8. The number of amides is 2. The molecule has 4 aromatic rings. The standard InChI is InChI=1S/C70H100F2N8O20/c1-7-39-27-42(32-53(65(39)100-70-64(91)63(90)58(85)36(3)94-70)98-68-56(73-37(4)82)66(61(88)55(35-81)99-68)95-54(67(92)78(5)6)26-38-16-10-9-11-17-38)49(83)22-14-24-93-25-15-23-50(84)43-30-48(79-33-46(74-76-79)40-18-12-20-44(71)28-40)59(86)52(31-43)97-69-62(89)57(60(87)51(8-2)96-69)80-34-47(75-77-80)41-19-13-21-45(72)29-41/h12-13,18-21,28-29,33-34,36,38-39,42-43,48,51-66,68-70,81,85-91H,7-11,14-17,22-27,30-32,35H2,1-6H3,(H,73,82)/t36?,39?,42?,43-,48?,51?,52+,53+,54-,55-,56?,57?,58+,59?,60-,61-,62+,63-,64?,65+,66?,68+,69-,70-/m0/s1. The number of halogens is 2. The summed E-state index contributed by atoms with van der Waals surface area (Å²) in [6.07, 6.45) is -13.9. The summed E-state index contributed by atoms with van der Waals surface area (Å²) < 4.78 is 82.2. The molecule has 30 heteroatoms. The molecule has 100 heavy (non-hydrogen) atoms. The topological polar surface area (TPSA) is 381 Å². The number of aliphatic hydroxyl groups excluding tert-OH is 8. The second-order valence-corrected chi connectivity index (χ2v) is 28.1. The molecule has 10 rings (SSSR count). The molecule has 0 radical (unpaired) electrons. The van der Waals surface area contributed by atoms with Gasteiger partial charge in [-0.2, -0.15) is 0 Å². The van der Waals surface area contributed by atoms with Crippen LogP contribution in [0.2, 0.25) is 0 Å². The average molecular weight is 1410 g/mol. The maximum absolute atomic E-state index is 14.5. The van der Waals surface area contributed by atoms with Gasteiger partial charge >= 0.3 is 0 Å². The molecule has 6 fully saturated rings. The summed E-state index contributed by atoms with van der Waals surface area (Å²) in [5.41, 5.74) is 1.42. The van der Waals surface area contributed by atoms with E-state index in [1.807, 2.05) is 6.92 Å². The molecule has 3 saturated heterocycles. The van der Waals surface area contributed by atoms with E-state index in [0.29, 0.717) is 42.5 Å². The number of aromatic nitrogens is 6. The summed E-state index contributed by atoms with van der Waals surface area (Å²) in [6, 6.07) is 8.09. The van der Waals surface area contributed by atoms with Gasteiger partial charge in [0.2, 0.25) is 5.91 Å². The van der Waals surface area contributed by atoms with Gasteiger partial charge in [-0.3, -0.25) is 19.2 Å². The molecule has 10 unspecified atom stereocenters. The van der Waals surface area contributed by atoms with E-state index in [-0.39, 0.29) is 87.2 Å². The van der Waals surface area contributed by atoms with Crippen LogP contribution in [-0.2, 0) is 57.1 Å². The van der Waals surface area contributed by atoms with Gasteiger partial charge in [-0.15, -0.1) is 10.2 Å². The van der Waals surface area contributed by atoms with Crippen LogP contribution in [0, 0.1) is 35.3 Å². The first-order valence-corrected chi connectivity index (χ1v) is 35.4. The predicted octanol–water partition coefficient (Wildman–Crippen LogP) is 3.42. The highest BCUT2D eigenvalue weighted by Gasteiger charge is 2.54. The summed E-state index contributed by atoms with van der Waals surface area (Å²) in [7, 11) is 3.20. The van der Waals surface area contributed by atoms with Crippen molar-refractivity contribution < 1.29 is 107 Å². The largest absolute Gasteiger partial charge is 0.394 e. The minimum atomic E-state index is -1.70. The first kappa shape index (κ1) is 76.8. The van der Waals surface area contributed by atoms with Crippen LogP contribution in [0.1, 0.15) is 143 Å². The first-order chi connectivity index (χ1) is 47.9. The van der Waals surface area contributed by atoms with E-state index in [2.05, 4.69) is 25.9 Å². The van der Waals surface area contributed by atoms with E-state index >= 15 is 0 Å². The molecule has 9 N–H and O–H groups in total. The lowest BCUT2D eigenvalue weighted by molar-refractivity contribution is -0.338. The maximum Gasteiger partial charge on any atom is 0.251 e. The molecule has 554 valence electrons. The zero-order chi connectivity index (χ0) is 71.6. The number of carbonyl (C=O) groups is 4. The summed E-state index contributed by atoms with van der Waals surface area (Å²) in [5.74, 6) is -3.92. The van der Waals surface area contributed by atoms with Gasteiger partial charge < -0.3 is 89.0 Å². The number of likely N-dealkylation sites (N-methyl/N-ethyl adjacent to an activating group) is 1. The Balaban J connectivity index is 0.797. The third-order valence-corrected chi connectivity index (χ3v) is 20.8. The minimum absolute atomic E-state index is 0.0106. The summed E-state index contributed by atoms with van der Waals surface area (Å²) in [5, 5.41) is 111. The number of rotatable bonds is 29. The van der Waals surface area contributed by atoms with Crippen LogP contribution in [0.5, 0.6) is 0 Å². The molecule has 3 saturated carbocycles. The molecule has 28 nitrogen and oxygen atoms in total. The number of ketones is 2. The van der Waals surface area contributed by atoms with Crippen molar-refractivity contribution in [1.29, 1.82) is 0 Å². The molecule has 5 heterocycles. The van der Waals surface area contributed by atoms with Gasteiger partial charge in [0.05, 0.1) is 55.6 Å². The van der Waals surface area contributed by atoms with Gasteiger partial charge in [0.15, 0.2) is 18.9 Å². The van der Waals surface area contributed by atoms with E-state index in [0.717, 1.165) is 32.1 Å². The molecule has 2 aromatic heterocycles. The quantitative estimate of drug-likeness (QED) is 0.0352. The fourth-order valence-corrected chi connectivity index (χ4v) is 15.3. The molecule has 3 aliphatic carbocycles. The number of carbonyl (C=O) groups excluding carboxylic acids is 4. The zero-order valence-electron chi connectivity index (χ0n) is 57.5. The highest BCUT2D eigenvalue weighted by atomic mass is 19.1. The van der Waals surface area contributed by atoms with Crippen LogP contribution < -0.4 is 5.32 Å². The Morgan fingerprint density at radius 3 is 1.85 bits per heavy atom. The number of benzene rings is 2. The summed E-state index contributed by atoms with van der Waals surface area (Å²) in [4.78, 5) is 57.3. The molecular weight excluding hydrogens is 1310 g/mol. The highest BCUT2D eigenvalue weighted by Crippen LogP contribution is 2.43. The first-order valence-electron chi connectivity index (χ1n) is 35.4. The molecule has 2 amide bonds. The molecule has 2 aromatic carbocycles. The van der Waals surface area contributed by atoms with Crippen LogP contribution in [0.4, 0.5) is 8.78 Å². The number of nitrogens with one attached hydrogen (secondary N) is 1. The molecular formula is C70H100F2N8O20. The molecule has 6 aliphatic rings. The van der Waals surface area contributed by atoms with Crippen molar-refractivity contribution in [3.63, 3.8) is 0 Å². The van der Waals surface area contributed by atoms with E-state index < -0.39 is 170 Å². The van der Waals surface area contributed by atoms with Gasteiger partial charge in [-0.05, 0) is 94.4 Å². The maximum atomic E-state index is 14.5. The Morgan fingerprint density at radius 1 is 0.660 bits per heavy atom. The number of hydrogen-bond donors (Lipinski definition) is 9. The van der Waals surface area contributed by atoms with Gasteiger partial charge in [-0.25, -0.2) is 18.1 Å². The van der Waals surface area contributed by atoms with Crippen LogP contribution in [0.15, 0.2) is 60.9 Å². The number of aliphatic hydroxyl groups is 8. The van der Waals surface area contributed by atoms with E-state index in [9.17, 15) is 68.8 Å². The van der Waals surface area contributed by atoms with Gasteiger partial charge in [0.25, 0.3) is 5.91 Å². The van der Waals surface area contributed by atoms with Crippen molar-refractivity contribution in [3.05, 3.63) is 72.6 Å². The Hall–Kier alpha value is -5.78. The monoisotopic (exact) mass is 1410 g/mol. The fraction of sp³-hybridized carbons (Fsp3) is 0.714. The lowest BCUT2D eigenvalue weighted by Crippen LogP contribution is -2.67. The molecule has 0 spiro atoms. The molecule has 24 atom stereocenters. The van der Waals surface area contributed by atoms with Crippen molar-refractivity contribution in [2.75, 3.05) is 33.9 Å². The van der Waals surface area contributed by atoms with Crippen LogP contribution in [-0.4, -0.2) is 250 Å². The van der Waals surface area contributed by atoms with Gasteiger partial charge in [0.1, 0.15) is 108 Å². The molecule has 0 bridgehead atoms. The SMILES string of the molecule is CCC1O[C@@H](O[C@@H]2C[C@@H](C(=O)CCCOCCCC(=O)C3CC(CC)[C@@H](O[C@@H]4OC(C)[C@@H](O)[C@H](O)C4O)[C@H](O[C@@H]4O[C@@H](CO)[C@H](O)C(O[C@@H](CC5CCCCC5)C(=O)N(C)C)C4NC(C)=O)C3)CC(n3cc(-c4cccc(F)c4)nn3)C2O)[C@H](O)C(n2cc(-c3cccc(F)c3)nn2)[C@H]1O. The van der Waals surface area contributed by atoms with Crippen molar-refractivity contribution in [1.82, 2.24) is 40.2 Å². The van der Waals surface area contributed by atoms with Crippen molar-refractivity contribution >= 4 is 23.4 Å². The van der Waals surface area contributed by atoms with Crippen molar-refractivity contribution in [3.8, 4) is 22.5 Å². The van der Waals surface area contributed by atoms with Crippen LogP contribution >= 0.6 is 0 Å². The zero-order valence-corrected chi connectivity index (χ0v) is 57.5. The van der Waals surface area contributed by atoms with Gasteiger partial charge in [0, 0.05) is 70.0 Å². The predicted molar refractivity (Wildman–Crippen MR) is 349 cm³/mol. The molecule has 3 aliphatic heterocycles. The second kappa shape index (κ2) is 35.1. The van der Waals surface area contributed by atoms with Crippen molar-refractivity contribution in [2.24, 2.45) is 23.7 Å². The third kappa shape index (κ3) is 18.4. The van der Waals surface area contributed by atoms with E-state index in [1.165, 1.54) is 70.7 Å². The smallest absolute Gasteiger partial charge is 0.251 e. The number of hydrogen-bond acceptors (Lipinski definition) is 24. The lowest BCUT2D eigenvalue weighted by atomic mass is 9.74.